The van der Waals surface area contributed by atoms with E-state index in [-0.39, 0.29) is 18.1 Å². The van der Waals surface area contributed by atoms with Crippen molar-refractivity contribution in [3.05, 3.63) is 101 Å². The van der Waals surface area contributed by atoms with Crippen molar-refractivity contribution in [3.8, 4) is 5.75 Å². The van der Waals surface area contributed by atoms with Crippen LogP contribution in [-0.2, 0) is 4.79 Å². The number of ketones is 1. The zero-order valence-corrected chi connectivity index (χ0v) is 18.1. The highest BCUT2D eigenvalue weighted by Crippen LogP contribution is 2.27. The molecule has 1 N–H and O–H groups in total. The van der Waals surface area contributed by atoms with Crippen molar-refractivity contribution in [1.82, 2.24) is 4.90 Å². The van der Waals surface area contributed by atoms with E-state index in [4.69, 9.17) is 9.84 Å². The second-order valence-electron chi connectivity index (χ2n) is 7.80. The Hall–Kier alpha value is -3.51. The zero-order chi connectivity index (χ0) is 23.1. The van der Waals surface area contributed by atoms with E-state index in [9.17, 15) is 14.0 Å². The average molecular weight is 435 g/mol. The number of rotatable bonds is 10. The number of nitrogens with zero attached hydrogens (tertiary/aromatic N) is 1. The van der Waals surface area contributed by atoms with Gasteiger partial charge in [-0.1, -0.05) is 48.0 Å². The van der Waals surface area contributed by atoms with E-state index in [0.29, 0.717) is 29.8 Å². The first-order chi connectivity index (χ1) is 15.3. The predicted molar refractivity (Wildman–Crippen MR) is 121 cm³/mol. The molecule has 166 valence electrons. The second-order valence-corrected chi connectivity index (χ2v) is 7.80. The highest BCUT2D eigenvalue weighted by atomic mass is 19.1. The molecule has 0 amide bonds. The van der Waals surface area contributed by atoms with E-state index in [1.54, 1.807) is 54.4 Å². The highest BCUT2D eigenvalue weighted by Gasteiger charge is 2.17. The molecule has 1 unspecified atom stereocenters. The molecular weight excluding hydrogens is 409 g/mol. The number of carbonyl (C=O) groups is 2. The number of halogens is 1. The van der Waals surface area contributed by atoms with Crippen LogP contribution in [0.3, 0.4) is 0 Å². The van der Waals surface area contributed by atoms with Crippen LogP contribution in [0.4, 0.5) is 4.39 Å². The lowest BCUT2D eigenvalue weighted by Crippen LogP contribution is -2.28. The summed E-state index contributed by atoms with van der Waals surface area (Å²) in [5, 5.41) is 8.98. The number of likely N-dealkylation sites (N-methyl/N-ethyl adjacent to an activating group) is 1. The van der Waals surface area contributed by atoms with Gasteiger partial charge in [0.2, 0.25) is 0 Å². The monoisotopic (exact) mass is 435 g/mol. The minimum atomic E-state index is -0.908. The molecule has 0 saturated heterocycles. The van der Waals surface area contributed by atoms with Gasteiger partial charge in [-0.2, -0.15) is 0 Å². The van der Waals surface area contributed by atoms with Crippen molar-refractivity contribution in [2.24, 2.45) is 0 Å². The van der Waals surface area contributed by atoms with E-state index < -0.39 is 12.1 Å². The number of carbonyl (C=O) groups excluding carboxylic acids is 1. The van der Waals surface area contributed by atoms with E-state index in [2.05, 4.69) is 0 Å². The summed E-state index contributed by atoms with van der Waals surface area (Å²) in [5.74, 6) is -0.840. The number of hydrogen-bond donors (Lipinski definition) is 1. The molecule has 3 aromatic rings. The Morgan fingerprint density at radius 1 is 1.00 bits per heavy atom. The summed E-state index contributed by atoms with van der Waals surface area (Å²) in [6.45, 7) is 2.32. The largest absolute Gasteiger partial charge is 0.486 e. The Morgan fingerprint density at radius 3 is 2.31 bits per heavy atom. The second kappa shape index (κ2) is 10.7. The van der Waals surface area contributed by atoms with Crippen molar-refractivity contribution < 1.29 is 23.8 Å². The minimum Gasteiger partial charge on any atom is -0.486 e. The summed E-state index contributed by atoms with van der Waals surface area (Å²) in [7, 11) is 1.72. The van der Waals surface area contributed by atoms with Crippen LogP contribution in [0, 0.1) is 12.7 Å². The summed E-state index contributed by atoms with van der Waals surface area (Å²) < 4.78 is 19.6. The lowest BCUT2D eigenvalue weighted by Gasteiger charge is -2.23. The van der Waals surface area contributed by atoms with E-state index in [1.807, 2.05) is 25.1 Å². The first-order valence-corrected chi connectivity index (χ1v) is 10.4. The highest BCUT2D eigenvalue weighted by molar-refractivity contribution is 6.09. The van der Waals surface area contributed by atoms with Gasteiger partial charge in [0, 0.05) is 24.1 Å². The van der Waals surface area contributed by atoms with Gasteiger partial charge in [-0.05, 0) is 49.9 Å². The summed E-state index contributed by atoms with van der Waals surface area (Å²) in [6.07, 6.45) is 0.0574. The Labute approximate surface area is 187 Å². The van der Waals surface area contributed by atoms with Gasteiger partial charge in [0.25, 0.3) is 0 Å². The van der Waals surface area contributed by atoms with Crippen molar-refractivity contribution in [2.75, 3.05) is 20.1 Å². The molecule has 0 aliphatic heterocycles. The van der Waals surface area contributed by atoms with Crippen molar-refractivity contribution in [2.45, 2.75) is 19.4 Å². The third kappa shape index (κ3) is 6.49. The van der Waals surface area contributed by atoms with Gasteiger partial charge in [-0.3, -0.25) is 14.5 Å². The van der Waals surface area contributed by atoms with Crippen LogP contribution < -0.4 is 4.74 Å². The quantitative estimate of drug-likeness (QED) is 0.459. The molecule has 0 aromatic heterocycles. The fraction of sp³-hybridized carbons (Fsp3) is 0.231. The molecule has 0 aliphatic rings. The van der Waals surface area contributed by atoms with Crippen molar-refractivity contribution >= 4 is 11.8 Å². The number of ether oxygens (including phenoxy) is 1. The molecule has 0 saturated carbocycles. The molecule has 0 bridgehead atoms. The molecule has 0 radical (unpaired) electrons. The standard InChI is InChI=1S/C26H26FNO4/c1-18-5-3-6-20(15-18)26(31)21-7-4-8-23(16-21)32-24(13-14-28(2)17-25(29)30)19-9-11-22(27)12-10-19/h3-12,15-16,24H,13-14,17H2,1-2H3,(H,29,30). The SMILES string of the molecule is Cc1cccc(C(=O)c2cccc(OC(CCN(C)CC(=O)O)c3ccc(F)cc3)c2)c1. The summed E-state index contributed by atoms with van der Waals surface area (Å²) >= 11 is 0. The molecule has 0 spiro atoms. The number of hydrogen-bond acceptors (Lipinski definition) is 4. The number of carboxylic acids is 1. The summed E-state index contributed by atoms with van der Waals surface area (Å²) in [6, 6.07) is 20.4. The van der Waals surface area contributed by atoms with Crippen molar-refractivity contribution in [3.63, 3.8) is 0 Å². The predicted octanol–water partition coefficient (Wildman–Crippen LogP) is 4.89. The third-order valence-electron chi connectivity index (χ3n) is 5.07. The number of carboxylic acid groups (broad SMARTS) is 1. The molecular formula is C26H26FNO4. The minimum absolute atomic E-state index is 0.0867. The molecule has 0 heterocycles. The van der Waals surface area contributed by atoms with E-state index >= 15 is 0 Å². The van der Waals surface area contributed by atoms with Gasteiger partial charge in [-0.15, -0.1) is 0 Å². The molecule has 6 heteroatoms. The first-order valence-electron chi connectivity index (χ1n) is 10.4. The van der Waals surface area contributed by atoms with Gasteiger partial charge in [0.1, 0.15) is 17.7 Å². The van der Waals surface area contributed by atoms with Gasteiger partial charge in [0.05, 0.1) is 6.54 Å². The Bertz CT molecular complexity index is 1080. The molecule has 3 rings (SSSR count). The Balaban J connectivity index is 1.80. The maximum Gasteiger partial charge on any atom is 0.317 e. The molecule has 32 heavy (non-hydrogen) atoms. The van der Waals surface area contributed by atoms with Crippen LogP contribution in [0.15, 0.2) is 72.8 Å². The normalized spacial score (nSPS) is 11.9. The van der Waals surface area contributed by atoms with Gasteiger partial charge < -0.3 is 9.84 Å². The molecule has 1 atom stereocenters. The van der Waals surface area contributed by atoms with Crippen LogP contribution in [-0.4, -0.2) is 41.9 Å². The third-order valence-corrected chi connectivity index (χ3v) is 5.07. The molecule has 5 nitrogen and oxygen atoms in total. The smallest absolute Gasteiger partial charge is 0.317 e. The lowest BCUT2D eigenvalue weighted by molar-refractivity contribution is -0.138. The van der Waals surface area contributed by atoms with Crippen LogP contribution in [0.1, 0.15) is 39.6 Å². The summed E-state index contributed by atoms with van der Waals surface area (Å²) in [5.41, 5.74) is 2.89. The molecule has 3 aromatic carbocycles. The van der Waals surface area contributed by atoms with Crippen molar-refractivity contribution in [1.29, 1.82) is 0 Å². The fourth-order valence-electron chi connectivity index (χ4n) is 3.45. The van der Waals surface area contributed by atoms with Crippen LogP contribution in [0.5, 0.6) is 5.75 Å². The van der Waals surface area contributed by atoms with Gasteiger partial charge in [-0.25, -0.2) is 4.39 Å². The fourth-order valence-corrected chi connectivity index (χ4v) is 3.45. The number of aryl methyl sites for hydroxylation is 1. The Kier molecular flexibility index (Phi) is 7.73. The maximum absolute atomic E-state index is 13.4. The van der Waals surface area contributed by atoms with E-state index in [0.717, 1.165) is 11.1 Å². The van der Waals surface area contributed by atoms with E-state index in [1.165, 1.54) is 12.1 Å². The maximum atomic E-state index is 13.4. The number of benzene rings is 3. The average Bonchev–Trinajstić information content (AvgIpc) is 2.76. The molecule has 0 fully saturated rings. The van der Waals surface area contributed by atoms with Gasteiger partial charge in [0.15, 0.2) is 5.78 Å². The topological polar surface area (TPSA) is 66.8 Å². The molecule has 0 aliphatic carbocycles. The zero-order valence-electron chi connectivity index (χ0n) is 18.1. The van der Waals surface area contributed by atoms with Crippen LogP contribution in [0.25, 0.3) is 0 Å². The van der Waals surface area contributed by atoms with Gasteiger partial charge >= 0.3 is 5.97 Å². The lowest BCUT2D eigenvalue weighted by atomic mass is 10.0. The Morgan fingerprint density at radius 2 is 1.66 bits per heavy atom. The van der Waals surface area contributed by atoms with Crippen LogP contribution in [0.2, 0.25) is 0 Å². The summed E-state index contributed by atoms with van der Waals surface area (Å²) in [4.78, 5) is 25.5. The van der Waals surface area contributed by atoms with Crippen LogP contribution >= 0.6 is 0 Å². The first kappa shape index (κ1) is 23.2. The number of aliphatic carboxylic acids is 1.